The number of sulfonamides is 1. The van der Waals surface area contributed by atoms with Crippen molar-refractivity contribution in [2.75, 3.05) is 11.9 Å². The maximum absolute atomic E-state index is 12.2. The van der Waals surface area contributed by atoms with Gasteiger partial charge in [0.25, 0.3) is 5.91 Å². The minimum atomic E-state index is -3.75. The molecule has 1 fully saturated rings. The molecule has 1 saturated heterocycles. The summed E-state index contributed by atoms with van der Waals surface area (Å²) in [6, 6.07) is 2.92. The van der Waals surface area contributed by atoms with Crippen LogP contribution in [-0.4, -0.2) is 27.0 Å². The van der Waals surface area contributed by atoms with Crippen molar-refractivity contribution in [2.24, 2.45) is 5.14 Å². The van der Waals surface area contributed by atoms with E-state index < -0.39 is 16.1 Å². The zero-order valence-corrected chi connectivity index (χ0v) is 13.0. The summed E-state index contributed by atoms with van der Waals surface area (Å²) in [5, 5.41) is 7.95. The minimum absolute atomic E-state index is 0.0458. The van der Waals surface area contributed by atoms with Crippen LogP contribution < -0.4 is 10.5 Å². The van der Waals surface area contributed by atoms with Crippen LogP contribution in [0.25, 0.3) is 0 Å². The van der Waals surface area contributed by atoms with E-state index in [9.17, 15) is 13.2 Å². The highest BCUT2D eigenvalue weighted by Gasteiger charge is 2.23. The standard InChI is InChI=1S/C14H20N2O4S/c1-9-7-11(21(15,18)19)8-10(2)13(9)16-14(17)12-5-3-4-6-20-12/h7-8,12H,3-6H2,1-2H3,(H,16,17)(H2,15,18,19). The second-order valence-electron chi connectivity index (χ2n) is 5.32. The van der Waals surface area contributed by atoms with Crippen molar-refractivity contribution in [3.8, 4) is 0 Å². The fourth-order valence-corrected chi connectivity index (χ4v) is 3.12. The molecule has 0 aromatic heterocycles. The van der Waals surface area contributed by atoms with Crippen LogP contribution in [0, 0.1) is 13.8 Å². The number of carbonyl (C=O) groups excluding carboxylic acids is 1. The van der Waals surface area contributed by atoms with Gasteiger partial charge in [0.1, 0.15) is 6.10 Å². The Morgan fingerprint density at radius 1 is 1.29 bits per heavy atom. The molecule has 7 heteroatoms. The summed E-state index contributed by atoms with van der Waals surface area (Å²) in [7, 11) is -3.75. The predicted molar refractivity (Wildman–Crippen MR) is 79.5 cm³/mol. The molecule has 3 N–H and O–H groups in total. The quantitative estimate of drug-likeness (QED) is 0.882. The number of aryl methyl sites for hydroxylation is 2. The molecule has 2 rings (SSSR count). The van der Waals surface area contributed by atoms with Crippen molar-refractivity contribution in [1.29, 1.82) is 0 Å². The van der Waals surface area contributed by atoms with Crippen molar-refractivity contribution >= 4 is 21.6 Å². The maximum Gasteiger partial charge on any atom is 0.253 e. The second-order valence-corrected chi connectivity index (χ2v) is 6.88. The molecule has 0 spiro atoms. The van der Waals surface area contributed by atoms with E-state index >= 15 is 0 Å². The lowest BCUT2D eigenvalue weighted by Gasteiger charge is -2.23. The highest BCUT2D eigenvalue weighted by Crippen LogP contribution is 2.25. The van der Waals surface area contributed by atoms with E-state index in [-0.39, 0.29) is 10.8 Å². The van der Waals surface area contributed by atoms with Crippen molar-refractivity contribution in [1.82, 2.24) is 0 Å². The molecular formula is C14H20N2O4S. The number of primary sulfonamides is 1. The molecule has 1 amide bonds. The number of rotatable bonds is 3. The van der Waals surface area contributed by atoms with E-state index in [1.165, 1.54) is 12.1 Å². The molecular weight excluding hydrogens is 292 g/mol. The molecule has 0 saturated carbocycles. The Morgan fingerprint density at radius 2 is 1.90 bits per heavy atom. The molecule has 1 aliphatic rings. The molecule has 0 bridgehead atoms. The predicted octanol–water partition coefficient (Wildman–Crippen LogP) is 1.46. The molecule has 6 nitrogen and oxygen atoms in total. The van der Waals surface area contributed by atoms with E-state index in [1.807, 2.05) is 0 Å². The third kappa shape index (κ3) is 3.81. The largest absolute Gasteiger partial charge is 0.368 e. The number of ether oxygens (including phenoxy) is 1. The normalized spacial score (nSPS) is 19.3. The summed E-state index contributed by atoms with van der Waals surface area (Å²) in [5.41, 5.74) is 1.92. The Kier molecular flexibility index (Phi) is 4.65. The molecule has 1 heterocycles. The average Bonchev–Trinajstić information content (AvgIpc) is 2.42. The average molecular weight is 312 g/mol. The lowest BCUT2D eigenvalue weighted by Crippen LogP contribution is -2.33. The first-order valence-corrected chi connectivity index (χ1v) is 8.40. The van der Waals surface area contributed by atoms with Crippen LogP contribution in [0.4, 0.5) is 5.69 Å². The molecule has 1 aromatic carbocycles. The fraction of sp³-hybridized carbons (Fsp3) is 0.500. The van der Waals surface area contributed by atoms with Crippen LogP contribution in [0.5, 0.6) is 0 Å². The zero-order valence-electron chi connectivity index (χ0n) is 12.2. The number of nitrogens with two attached hydrogens (primary N) is 1. The number of carbonyl (C=O) groups is 1. The van der Waals surface area contributed by atoms with Gasteiger partial charge in [0.05, 0.1) is 4.90 Å². The van der Waals surface area contributed by atoms with Crippen molar-refractivity contribution in [3.05, 3.63) is 23.3 Å². The SMILES string of the molecule is Cc1cc(S(N)(=O)=O)cc(C)c1NC(=O)C1CCCCO1. The summed E-state index contributed by atoms with van der Waals surface area (Å²) >= 11 is 0. The molecule has 0 aliphatic carbocycles. The fourth-order valence-electron chi connectivity index (χ4n) is 2.44. The van der Waals surface area contributed by atoms with E-state index in [2.05, 4.69) is 5.32 Å². The maximum atomic E-state index is 12.2. The lowest BCUT2D eigenvalue weighted by atomic mass is 10.1. The highest BCUT2D eigenvalue weighted by atomic mass is 32.2. The Bertz CT molecular complexity index is 626. The monoisotopic (exact) mass is 312 g/mol. The van der Waals surface area contributed by atoms with Crippen LogP contribution in [0.2, 0.25) is 0 Å². The third-order valence-electron chi connectivity index (χ3n) is 3.56. The van der Waals surface area contributed by atoms with Crippen molar-refractivity contribution < 1.29 is 17.9 Å². The van der Waals surface area contributed by atoms with Gasteiger partial charge in [-0.05, 0) is 56.4 Å². The van der Waals surface area contributed by atoms with Gasteiger partial charge in [0.2, 0.25) is 10.0 Å². The zero-order chi connectivity index (χ0) is 15.6. The third-order valence-corrected chi connectivity index (χ3v) is 4.45. The van der Waals surface area contributed by atoms with Gasteiger partial charge in [-0.1, -0.05) is 0 Å². The van der Waals surface area contributed by atoms with Crippen LogP contribution in [0.15, 0.2) is 17.0 Å². The first-order chi connectivity index (χ1) is 9.79. The Hall–Kier alpha value is -1.44. The van der Waals surface area contributed by atoms with E-state index in [0.717, 1.165) is 12.8 Å². The number of amides is 1. The van der Waals surface area contributed by atoms with E-state index in [4.69, 9.17) is 9.88 Å². The van der Waals surface area contributed by atoms with Gasteiger partial charge < -0.3 is 10.1 Å². The van der Waals surface area contributed by atoms with Crippen LogP contribution >= 0.6 is 0 Å². The summed E-state index contributed by atoms with van der Waals surface area (Å²) in [4.78, 5) is 12.2. The Labute approximate surface area is 124 Å². The van der Waals surface area contributed by atoms with Crippen molar-refractivity contribution in [3.63, 3.8) is 0 Å². The van der Waals surface area contributed by atoms with Gasteiger partial charge in [-0.25, -0.2) is 13.6 Å². The van der Waals surface area contributed by atoms with Crippen molar-refractivity contribution in [2.45, 2.75) is 44.1 Å². The van der Waals surface area contributed by atoms with E-state index in [1.54, 1.807) is 13.8 Å². The van der Waals surface area contributed by atoms with Gasteiger partial charge in [-0.3, -0.25) is 4.79 Å². The number of hydrogen-bond acceptors (Lipinski definition) is 4. The van der Waals surface area contributed by atoms with Gasteiger partial charge in [-0.15, -0.1) is 0 Å². The highest BCUT2D eigenvalue weighted by molar-refractivity contribution is 7.89. The smallest absolute Gasteiger partial charge is 0.253 e. The Balaban J connectivity index is 2.22. The van der Waals surface area contributed by atoms with Crippen LogP contribution in [0.1, 0.15) is 30.4 Å². The molecule has 1 aliphatic heterocycles. The molecule has 0 radical (unpaired) electrons. The van der Waals surface area contributed by atoms with Gasteiger partial charge in [0.15, 0.2) is 0 Å². The summed E-state index contributed by atoms with van der Waals surface area (Å²) in [5.74, 6) is -0.191. The van der Waals surface area contributed by atoms with Crippen LogP contribution in [0.3, 0.4) is 0 Å². The van der Waals surface area contributed by atoms with Crippen LogP contribution in [-0.2, 0) is 19.6 Å². The topological polar surface area (TPSA) is 98.5 Å². The number of hydrogen-bond donors (Lipinski definition) is 2. The summed E-state index contributed by atoms with van der Waals surface area (Å²) < 4.78 is 28.2. The number of nitrogens with one attached hydrogen (secondary N) is 1. The lowest BCUT2D eigenvalue weighted by molar-refractivity contribution is -0.129. The van der Waals surface area contributed by atoms with Gasteiger partial charge >= 0.3 is 0 Å². The summed E-state index contributed by atoms with van der Waals surface area (Å²) in [6.07, 6.45) is 2.22. The summed E-state index contributed by atoms with van der Waals surface area (Å²) in [6.45, 7) is 4.07. The molecule has 21 heavy (non-hydrogen) atoms. The van der Waals surface area contributed by atoms with E-state index in [0.29, 0.717) is 29.8 Å². The van der Waals surface area contributed by atoms with Gasteiger partial charge in [-0.2, -0.15) is 0 Å². The molecule has 1 atom stereocenters. The Morgan fingerprint density at radius 3 is 2.38 bits per heavy atom. The number of anilines is 1. The molecule has 1 aromatic rings. The first kappa shape index (κ1) is 15.9. The van der Waals surface area contributed by atoms with Gasteiger partial charge in [0, 0.05) is 12.3 Å². The second kappa shape index (κ2) is 6.13. The number of benzene rings is 1. The first-order valence-electron chi connectivity index (χ1n) is 6.85. The molecule has 1 unspecified atom stereocenters. The minimum Gasteiger partial charge on any atom is -0.368 e. The molecule has 116 valence electrons.